The Kier molecular flexibility index (Phi) is 4.31. The largest absolute Gasteiger partial charge is 0.387 e. The molecule has 80 valence electrons. The van der Waals surface area contributed by atoms with E-state index in [-0.39, 0.29) is 5.92 Å². The number of hydrogen-bond acceptors (Lipinski definition) is 2. The number of hydrogen-bond donors (Lipinski definition) is 1. The van der Waals surface area contributed by atoms with Crippen molar-refractivity contribution in [2.24, 2.45) is 5.92 Å². The van der Waals surface area contributed by atoms with Gasteiger partial charge in [-0.3, -0.25) is 0 Å². The number of nitriles is 1. The standard InChI is InChI=1S/C12H14BrNO/c1-3-9(7-14)12(15)10-5-4-8(2)11(13)6-10/h4-6,9,12,15H,3H2,1-2H3. The fraction of sp³-hybridized carbons (Fsp3) is 0.417. The van der Waals surface area contributed by atoms with Crippen molar-refractivity contribution in [3.05, 3.63) is 33.8 Å². The first-order chi connectivity index (χ1) is 7.10. The summed E-state index contributed by atoms with van der Waals surface area (Å²) in [5.74, 6) is -0.334. The number of halogens is 1. The smallest absolute Gasteiger partial charge is 0.0948 e. The molecular formula is C12H14BrNO. The van der Waals surface area contributed by atoms with Gasteiger partial charge in [0.1, 0.15) is 0 Å². The topological polar surface area (TPSA) is 44.0 Å². The summed E-state index contributed by atoms with van der Waals surface area (Å²) >= 11 is 3.41. The van der Waals surface area contributed by atoms with Crippen LogP contribution in [0.1, 0.15) is 30.6 Å². The summed E-state index contributed by atoms with van der Waals surface area (Å²) in [6, 6.07) is 7.80. The molecule has 0 aliphatic carbocycles. The van der Waals surface area contributed by atoms with E-state index in [9.17, 15) is 5.11 Å². The SMILES string of the molecule is CCC(C#N)C(O)c1ccc(C)c(Br)c1. The zero-order valence-electron chi connectivity index (χ0n) is 8.87. The lowest BCUT2D eigenvalue weighted by Crippen LogP contribution is -2.09. The first kappa shape index (κ1) is 12.2. The van der Waals surface area contributed by atoms with Gasteiger partial charge in [0.25, 0.3) is 0 Å². The molecule has 15 heavy (non-hydrogen) atoms. The van der Waals surface area contributed by atoms with Crippen LogP contribution in [-0.4, -0.2) is 5.11 Å². The lowest BCUT2D eigenvalue weighted by Gasteiger charge is -2.16. The summed E-state index contributed by atoms with van der Waals surface area (Å²) in [6.45, 7) is 3.89. The van der Waals surface area contributed by atoms with Crippen molar-refractivity contribution in [1.29, 1.82) is 5.26 Å². The van der Waals surface area contributed by atoms with Crippen molar-refractivity contribution in [1.82, 2.24) is 0 Å². The fourth-order valence-electron chi connectivity index (χ4n) is 1.41. The highest BCUT2D eigenvalue weighted by Crippen LogP contribution is 2.27. The zero-order valence-corrected chi connectivity index (χ0v) is 10.5. The number of aryl methyl sites for hydroxylation is 1. The van der Waals surface area contributed by atoms with E-state index < -0.39 is 6.10 Å². The fourth-order valence-corrected chi connectivity index (χ4v) is 1.81. The van der Waals surface area contributed by atoms with Crippen LogP contribution in [0.5, 0.6) is 0 Å². The first-order valence-electron chi connectivity index (χ1n) is 4.93. The second-order valence-corrected chi connectivity index (χ2v) is 4.45. The predicted molar refractivity (Wildman–Crippen MR) is 63.2 cm³/mol. The van der Waals surface area contributed by atoms with Crippen molar-refractivity contribution >= 4 is 15.9 Å². The maximum atomic E-state index is 9.95. The maximum Gasteiger partial charge on any atom is 0.0948 e. The molecular weight excluding hydrogens is 254 g/mol. The van der Waals surface area contributed by atoms with Gasteiger partial charge in [-0.25, -0.2) is 0 Å². The Balaban J connectivity index is 2.97. The van der Waals surface area contributed by atoms with Crippen LogP contribution in [0.2, 0.25) is 0 Å². The van der Waals surface area contributed by atoms with E-state index in [2.05, 4.69) is 22.0 Å². The van der Waals surface area contributed by atoms with E-state index in [1.54, 1.807) is 0 Å². The molecule has 2 unspecified atom stereocenters. The lowest BCUT2D eigenvalue weighted by molar-refractivity contribution is 0.132. The highest BCUT2D eigenvalue weighted by molar-refractivity contribution is 9.10. The van der Waals surface area contributed by atoms with E-state index in [4.69, 9.17) is 5.26 Å². The first-order valence-corrected chi connectivity index (χ1v) is 5.73. The van der Waals surface area contributed by atoms with Crippen LogP contribution in [-0.2, 0) is 0 Å². The second-order valence-electron chi connectivity index (χ2n) is 3.60. The van der Waals surface area contributed by atoms with Crippen molar-refractivity contribution in [2.45, 2.75) is 26.4 Å². The molecule has 1 aromatic rings. The molecule has 0 radical (unpaired) electrons. The molecule has 0 fully saturated rings. The average molecular weight is 268 g/mol. The van der Waals surface area contributed by atoms with Crippen LogP contribution < -0.4 is 0 Å². The molecule has 1 rings (SSSR count). The third-order valence-electron chi connectivity index (χ3n) is 2.52. The Morgan fingerprint density at radius 1 is 1.53 bits per heavy atom. The molecule has 0 amide bonds. The molecule has 0 heterocycles. The van der Waals surface area contributed by atoms with Gasteiger partial charge in [0, 0.05) is 4.47 Å². The summed E-state index contributed by atoms with van der Waals surface area (Å²) < 4.78 is 0.965. The van der Waals surface area contributed by atoms with Gasteiger partial charge < -0.3 is 5.11 Å². The summed E-state index contributed by atoms with van der Waals surface area (Å²) in [5, 5.41) is 18.8. The highest BCUT2D eigenvalue weighted by Gasteiger charge is 2.18. The summed E-state index contributed by atoms with van der Waals surface area (Å²) in [7, 11) is 0. The highest BCUT2D eigenvalue weighted by atomic mass is 79.9. The molecule has 2 atom stereocenters. The second kappa shape index (κ2) is 5.29. The van der Waals surface area contributed by atoms with Gasteiger partial charge >= 0.3 is 0 Å². The van der Waals surface area contributed by atoms with Gasteiger partial charge in [0.15, 0.2) is 0 Å². The van der Waals surface area contributed by atoms with Crippen molar-refractivity contribution in [3.63, 3.8) is 0 Å². The normalized spacial score (nSPS) is 14.3. The van der Waals surface area contributed by atoms with Gasteiger partial charge in [-0.1, -0.05) is 35.0 Å². The quantitative estimate of drug-likeness (QED) is 0.913. The van der Waals surface area contributed by atoms with Gasteiger partial charge in [0.05, 0.1) is 18.1 Å². The van der Waals surface area contributed by atoms with Gasteiger partial charge in [-0.2, -0.15) is 5.26 Å². The molecule has 0 bridgehead atoms. The molecule has 1 aromatic carbocycles. The molecule has 0 saturated heterocycles. The molecule has 1 N–H and O–H groups in total. The average Bonchev–Trinajstić information content (AvgIpc) is 2.23. The summed E-state index contributed by atoms with van der Waals surface area (Å²) in [5.41, 5.74) is 1.91. The van der Waals surface area contributed by atoms with E-state index >= 15 is 0 Å². The Bertz CT molecular complexity index is 384. The minimum Gasteiger partial charge on any atom is -0.387 e. The van der Waals surface area contributed by atoms with Crippen LogP contribution in [0.3, 0.4) is 0 Å². The minimum atomic E-state index is -0.697. The Morgan fingerprint density at radius 2 is 2.20 bits per heavy atom. The molecule has 3 heteroatoms. The van der Waals surface area contributed by atoms with E-state index in [1.165, 1.54) is 0 Å². The third-order valence-corrected chi connectivity index (χ3v) is 3.38. The van der Waals surface area contributed by atoms with Crippen molar-refractivity contribution < 1.29 is 5.11 Å². The monoisotopic (exact) mass is 267 g/mol. The predicted octanol–water partition coefficient (Wildman–Crippen LogP) is 3.34. The van der Waals surface area contributed by atoms with Crippen molar-refractivity contribution in [2.75, 3.05) is 0 Å². The molecule has 0 aromatic heterocycles. The summed E-state index contributed by atoms with van der Waals surface area (Å²) in [6.07, 6.45) is -0.0414. The van der Waals surface area contributed by atoms with E-state index in [1.807, 2.05) is 32.0 Å². The number of nitrogens with zero attached hydrogens (tertiary/aromatic N) is 1. The number of rotatable bonds is 3. The molecule has 0 aliphatic heterocycles. The maximum absolute atomic E-state index is 9.95. The van der Waals surface area contributed by atoms with Crippen LogP contribution in [0.4, 0.5) is 0 Å². The summed E-state index contributed by atoms with van der Waals surface area (Å²) in [4.78, 5) is 0. The molecule has 0 spiro atoms. The number of aliphatic hydroxyl groups is 1. The van der Waals surface area contributed by atoms with Gasteiger partial charge in [-0.15, -0.1) is 0 Å². The number of benzene rings is 1. The van der Waals surface area contributed by atoms with Gasteiger partial charge in [-0.05, 0) is 30.5 Å². The van der Waals surface area contributed by atoms with Crippen molar-refractivity contribution in [3.8, 4) is 6.07 Å². The van der Waals surface area contributed by atoms with E-state index in [0.29, 0.717) is 6.42 Å². The van der Waals surface area contributed by atoms with Crippen LogP contribution in [0, 0.1) is 24.2 Å². The molecule has 0 aliphatic rings. The van der Waals surface area contributed by atoms with Crippen LogP contribution in [0.15, 0.2) is 22.7 Å². The zero-order chi connectivity index (χ0) is 11.4. The Morgan fingerprint density at radius 3 is 2.67 bits per heavy atom. The Hall–Kier alpha value is -0.850. The number of aliphatic hydroxyl groups excluding tert-OH is 1. The molecule has 2 nitrogen and oxygen atoms in total. The van der Waals surface area contributed by atoms with Crippen LogP contribution >= 0.6 is 15.9 Å². The minimum absolute atomic E-state index is 0.334. The molecule has 0 saturated carbocycles. The Labute approximate surface area is 98.7 Å². The van der Waals surface area contributed by atoms with Gasteiger partial charge in [0.2, 0.25) is 0 Å². The van der Waals surface area contributed by atoms with E-state index in [0.717, 1.165) is 15.6 Å². The van der Waals surface area contributed by atoms with Crippen LogP contribution in [0.25, 0.3) is 0 Å². The lowest BCUT2D eigenvalue weighted by atomic mass is 9.94. The third kappa shape index (κ3) is 2.80.